The number of nitrogens with one attached hydrogen (secondary N) is 1. The van der Waals surface area contributed by atoms with Crippen LogP contribution in [0, 0.1) is 23.3 Å². The molecule has 4 aromatic rings. The number of hydrogen-bond acceptors (Lipinski definition) is 6. The standard InChI is InChI=1S/C32H31F5N4O3S/c1-40-12-5-8-22(40)17-43-32-21(15-38-45(42)31-29(37)27(35)26(34)28(36)30(31)44-18-33)14-20-11-13-41(16-24(20)39-32)25-10-4-7-19-6-2-3-9-23(19)25/h2-4,6-7,9-10,14,22,38H,5,8,11-13,15-18H2,1H3/t22-,45?/m1/s1. The molecule has 2 atom stereocenters. The summed E-state index contributed by atoms with van der Waals surface area (Å²) in [5, 5.41) is 2.26. The van der Waals surface area contributed by atoms with Crippen molar-refractivity contribution in [3.8, 4) is 11.6 Å². The van der Waals surface area contributed by atoms with E-state index in [1.165, 1.54) is 0 Å². The van der Waals surface area contributed by atoms with Gasteiger partial charge in [-0.3, -0.25) is 0 Å². The molecule has 13 heteroatoms. The Labute approximate surface area is 259 Å². The maximum Gasteiger partial charge on any atom is 0.228 e. The van der Waals surface area contributed by atoms with Crippen LogP contribution in [0.1, 0.15) is 29.7 Å². The van der Waals surface area contributed by atoms with E-state index in [0.29, 0.717) is 31.7 Å². The van der Waals surface area contributed by atoms with Crippen molar-refractivity contribution < 1.29 is 35.6 Å². The number of fused-ring (bicyclic) bond motifs is 2. The molecule has 3 heterocycles. The fraction of sp³-hybridized carbons (Fsp3) is 0.344. The highest BCUT2D eigenvalue weighted by molar-refractivity contribution is 7.83. The molecule has 1 aromatic heterocycles. The van der Waals surface area contributed by atoms with Gasteiger partial charge in [0.1, 0.15) is 22.5 Å². The normalized spacial score (nSPS) is 17.5. The lowest BCUT2D eigenvalue weighted by Crippen LogP contribution is -2.33. The van der Waals surface area contributed by atoms with Crippen molar-refractivity contribution in [1.82, 2.24) is 14.6 Å². The summed E-state index contributed by atoms with van der Waals surface area (Å²) < 4.78 is 95.9. The van der Waals surface area contributed by atoms with Crippen molar-refractivity contribution in [2.24, 2.45) is 0 Å². The third-order valence-electron chi connectivity index (χ3n) is 8.37. The summed E-state index contributed by atoms with van der Waals surface area (Å²) >= 11 is 0. The Balaban J connectivity index is 1.29. The number of likely N-dealkylation sites (N-methyl/N-ethyl adjacent to an activating group) is 1. The lowest BCUT2D eigenvalue weighted by atomic mass is 10.0. The SMILES string of the molecule is CN1CCC[C@@H]1COc1nc2c(cc1CNS(=O)c1c(F)c(F)c(F)c(F)c1OCF)CCN(c1cccc3ccccc13)C2. The monoisotopic (exact) mass is 646 g/mol. The molecule has 0 saturated carbocycles. The highest BCUT2D eigenvalue weighted by Gasteiger charge is 2.31. The number of alkyl halides is 1. The summed E-state index contributed by atoms with van der Waals surface area (Å²) in [5.74, 6) is -9.33. The quantitative estimate of drug-likeness (QED) is 0.131. The van der Waals surface area contributed by atoms with Gasteiger partial charge in [-0.15, -0.1) is 0 Å². The van der Waals surface area contributed by atoms with E-state index >= 15 is 0 Å². The number of aromatic nitrogens is 1. The third-order valence-corrected chi connectivity index (χ3v) is 9.52. The molecule has 1 fully saturated rings. The molecule has 238 valence electrons. The molecule has 2 aliphatic heterocycles. The molecule has 6 rings (SSSR count). The van der Waals surface area contributed by atoms with Gasteiger partial charge in [-0.25, -0.2) is 31.5 Å². The average molecular weight is 647 g/mol. The summed E-state index contributed by atoms with van der Waals surface area (Å²) in [7, 11) is -0.651. The van der Waals surface area contributed by atoms with E-state index in [-0.39, 0.29) is 18.5 Å². The van der Waals surface area contributed by atoms with E-state index in [9.17, 15) is 26.2 Å². The Morgan fingerprint density at radius 2 is 1.78 bits per heavy atom. The zero-order chi connectivity index (χ0) is 31.7. The number of nitrogens with zero attached hydrogens (tertiary/aromatic N) is 3. The van der Waals surface area contributed by atoms with Gasteiger partial charge in [-0.1, -0.05) is 36.4 Å². The Hall–Kier alpha value is -3.81. The molecule has 2 aliphatic rings. The van der Waals surface area contributed by atoms with Crippen molar-refractivity contribution >= 4 is 27.4 Å². The smallest absolute Gasteiger partial charge is 0.228 e. The van der Waals surface area contributed by atoms with Crippen molar-refractivity contribution in [2.45, 2.75) is 43.3 Å². The maximum absolute atomic E-state index is 14.6. The molecule has 3 aromatic carbocycles. The molecular formula is C32H31F5N4O3S. The number of ether oxygens (including phenoxy) is 2. The van der Waals surface area contributed by atoms with Crippen molar-refractivity contribution in [3.05, 3.63) is 88.6 Å². The van der Waals surface area contributed by atoms with Gasteiger partial charge < -0.3 is 19.3 Å². The molecule has 0 radical (unpaired) electrons. The molecular weight excluding hydrogens is 615 g/mol. The predicted octanol–water partition coefficient (Wildman–Crippen LogP) is 5.95. The Bertz CT molecular complexity index is 1760. The van der Waals surface area contributed by atoms with E-state index in [1.807, 2.05) is 31.3 Å². The summed E-state index contributed by atoms with van der Waals surface area (Å²) in [6.45, 7) is 0.625. The Morgan fingerprint density at radius 1 is 1.00 bits per heavy atom. The zero-order valence-electron chi connectivity index (χ0n) is 24.4. The van der Waals surface area contributed by atoms with Crippen LogP contribution in [0.15, 0.2) is 53.4 Å². The number of anilines is 1. The minimum Gasteiger partial charge on any atom is -0.476 e. The first kappa shape index (κ1) is 31.2. The first-order valence-corrected chi connectivity index (χ1v) is 15.7. The van der Waals surface area contributed by atoms with Crippen LogP contribution < -0.4 is 19.1 Å². The fourth-order valence-electron chi connectivity index (χ4n) is 5.95. The van der Waals surface area contributed by atoms with Crippen molar-refractivity contribution in [3.63, 3.8) is 0 Å². The molecule has 7 nitrogen and oxygen atoms in total. The number of benzene rings is 3. The van der Waals surface area contributed by atoms with E-state index in [2.05, 4.69) is 43.5 Å². The average Bonchev–Trinajstić information content (AvgIpc) is 3.47. The number of halogens is 5. The highest BCUT2D eigenvalue weighted by Crippen LogP contribution is 2.35. The van der Waals surface area contributed by atoms with Crippen molar-refractivity contribution in [2.75, 3.05) is 38.5 Å². The predicted molar refractivity (Wildman–Crippen MR) is 160 cm³/mol. The Morgan fingerprint density at radius 3 is 2.56 bits per heavy atom. The number of likely N-dealkylation sites (tertiary alicyclic amines) is 1. The van der Waals surface area contributed by atoms with E-state index in [0.717, 1.165) is 47.1 Å². The van der Waals surface area contributed by atoms with Gasteiger partial charge in [0.2, 0.25) is 24.4 Å². The maximum atomic E-state index is 14.6. The van der Waals surface area contributed by atoms with Crippen LogP contribution in [-0.2, 0) is 30.5 Å². The second-order valence-corrected chi connectivity index (χ2v) is 12.3. The molecule has 0 amide bonds. The molecule has 1 saturated heterocycles. The van der Waals surface area contributed by atoms with Gasteiger partial charge in [0.25, 0.3) is 0 Å². The molecule has 0 spiro atoms. The summed E-state index contributed by atoms with van der Waals surface area (Å²) in [5.41, 5.74) is 3.31. The molecule has 1 N–H and O–H groups in total. The lowest BCUT2D eigenvalue weighted by Gasteiger charge is -2.32. The van der Waals surface area contributed by atoms with Gasteiger partial charge in [0, 0.05) is 35.8 Å². The molecule has 1 unspecified atom stereocenters. The summed E-state index contributed by atoms with van der Waals surface area (Å²) in [6.07, 6.45) is 2.63. The third kappa shape index (κ3) is 6.21. The van der Waals surface area contributed by atoms with E-state index < -0.39 is 51.8 Å². The molecule has 0 bridgehead atoms. The van der Waals surface area contributed by atoms with Gasteiger partial charge >= 0.3 is 0 Å². The first-order valence-electron chi connectivity index (χ1n) is 14.5. The minimum absolute atomic E-state index is 0.171. The number of hydrogen-bond donors (Lipinski definition) is 1. The van der Waals surface area contributed by atoms with Gasteiger partial charge in [0.05, 0.1) is 12.2 Å². The second kappa shape index (κ2) is 13.3. The van der Waals surface area contributed by atoms with Crippen LogP contribution in [0.4, 0.5) is 27.6 Å². The molecule has 0 aliphatic carbocycles. The van der Waals surface area contributed by atoms with Crippen LogP contribution in [0.25, 0.3) is 10.8 Å². The second-order valence-electron chi connectivity index (χ2n) is 11.1. The van der Waals surface area contributed by atoms with E-state index in [4.69, 9.17) is 9.72 Å². The van der Waals surface area contributed by atoms with Gasteiger partial charge in [-0.2, -0.15) is 4.39 Å². The zero-order valence-corrected chi connectivity index (χ0v) is 25.2. The van der Waals surface area contributed by atoms with Crippen molar-refractivity contribution in [1.29, 1.82) is 0 Å². The van der Waals surface area contributed by atoms with Gasteiger partial charge in [0.15, 0.2) is 17.4 Å². The van der Waals surface area contributed by atoms with E-state index in [1.54, 1.807) is 0 Å². The number of pyridine rings is 1. The van der Waals surface area contributed by atoms with Gasteiger partial charge in [-0.05, 0) is 55.9 Å². The summed E-state index contributed by atoms with van der Waals surface area (Å²) in [6, 6.07) is 16.4. The van der Waals surface area contributed by atoms with Crippen LogP contribution in [0.5, 0.6) is 11.6 Å². The minimum atomic E-state index is -2.67. The lowest BCUT2D eigenvalue weighted by molar-refractivity contribution is 0.174. The topological polar surface area (TPSA) is 66.9 Å². The van der Waals surface area contributed by atoms with Crippen LogP contribution in [0.3, 0.4) is 0 Å². The summed E-state index contributed by atoms with van der Waals surface area (Å²) in [4.78, 5) is 8.15. The number of rotatable bonds is 10. The Kier molecular flexibility index (Phi) is 9.20. The molecule has 45 heavy (non-hydrogen) atoms. The first-order chi connectivity index (χ1) is 21.8. The van der Waals surface area contributed by atoms with Crippen LogP contribution in [-0.4, -0.2) is 53.7 Å². The largest absolute Gasteiger partial charge is 0.476 e. The highest BCUT2D eigenvalue weighted by atomic mass is 32.2. The van der Waals surface area contributed by atoms with Crippen LogP contribution >= 0.6 is 0 Å². The van der Waals surface area contributed by atoms with Crippen LogP contribution in [0.2, 0.25) is 0 Å². The fourth-order valence-corrected chi connectivity index (χ4v) is 6.95.